The summed E-state index contributed by atoms with van der Waals surface area (Å²) in [6.07, 6.45) is 0. The van der Waals surface area contributed by atoms with Crippen LogP contribution < -0.4 is 19.6 Å². The van der Waals surface area contributed by atoms with Gasteiger partial charge >= 0.3 is 12.9 Å². The monoisotopic (exact) mass is 234 g/mol. The maximum Gasteiger partial charge on any atom is 0.864 e. The highest BCUT2D eigenvalue weighted by atomic mass is 16.8. The van der Waals surface area contributed by atoms with Gasteiger partial charge in [-0.1, -0.05) is 0 Å². The quantitative estimate of drug-likeness (QED) is 0.385. The summed E-state index contributed by atoms with van der Waals surface area (Å²) in [6, 6.07) is 1.11. The van der Waals surface area contributed by atoms with Crippen LogP contribution in [0, 0.1) is 0 Å². The molecule has 8 heteroatoms. The minimum atomic E-state index is -1.14. The van der Waals surface area contributed by atoms with Crippen LogP contribution in [0.25, 0.3) is 11.0 Å². The van der Waals surface area contributed by atoms with Crippen molar-refractivity contribution in [2.75, 3.05) is 0 Å². The number of hydrogen-bond donors (Lipinski definition) is 2. The molecule has 0 unspecified atom stereocenters. The predicted octanol–water partition coefficient (Wildman–Crippen LogP) is 0.353. The van der Waals surface area contributed by atoms with E-state index in [4.69, 9.17) is 18.4 Å². The lowest BCUT2D eigenvalue weighted by Crippen LogP contribution is -2.33. The van der Waals surface area contributed by atoms with Crippen molar-refractivity contribution in [3.63, 3.8) is 0 Å². The van der Waals surface area contributed by atoms with E-state index in [9.17, 15) is 15.0 Å². The van der Waals surface area contributed by atoms with Crippen molar-refractivity contribution < 1.29 is 28.6 Å². The lowest BCUT2D eigenvalue weighted by Gasteiger charge is -2.15. The number of phenolic OH excluding ortho intramolecular Hbond substituents is 2. The summed E-state index contributed by atoms with van der Waals surface area (Å²) in [5.41, 5.74) is -0.667. The zero-order valence-electron chi connectivity index (χ0n) is 8.09. The zero-order valence-corrected chi connectivity index (χ0v) is 8.09. The molecule has 2 aromatic rings. The number of fused-ring (bicyclic) bond motifs is 1. The number of benzene rings is 1. The maximum absolute atomic E-state index is 11.5. The third kappa shape index (κ3) is 0.862. The Hall–Kier alpha value is -2.51. The van der Waals surface area contributed by atoms with Crippen LogP contribution in [0.1, 0.15) is 0 Å². The Balaban J connectivity index is 2.31. The zero-order chi connectivity index (χ0) is 11.7. The van der Waals surface area contributed by atoms with Crippen molar-refractivity contribution in [2.24, 2.45) is 0 Å². The molecule has 4 rings (SSSR count). The highest BCUT2D eigenvalue weighted by Crippen LogP contribution is 2.52. The van der Waals surface area contributed by atoms with Crippen LogP contribution >= 0.6 is 0 Å². The van der Waals surface area contributed by atoms with E-state index in [1.807, 2.05) is 0 Å². The van der Waals surface area contributed by atoms with E-state index < -0.39 is 24.4 Å². The molecule has 2 aliphatic heterocycles. The summed E-state index contributed by atoms with van der Waals surface area (Å²) in [7, 11) is -1.14. The molecule has 0 spiro atoms. The molecule has 17 heavy (non-hydrogen) atoms. The van der Waals surface area contributed by atoms with Crippen molar-refractivity contribution in [2.45, 2.75) is 0 Å². The largest absolute Gasteiger partial charge is 0.864 e. The van der Waals surface area contributed by atoms with Crippen LogP contribution in [-0.4, -0.2) is 17.5 Å². The number of rotatable bonds is 0. The van der Waals surface area contributed by atoms with Crippen molar-refractivity contribution in [3.05, 3.63) is 16.5 Å². The van der Waals surface area contributed by atoms with Gasteiger partial charge in [0.25, 0.3) is 0 Å². The summed E-state index contributed by atoms with van der Waals surface area (Å²) < 4.78 is 20.3. The van der Waals surface area contributed by atoms with Crippen molar-refractivity contribution in [1.82, 2.24) is 0 Å². The van der Waals surface area contributed by atoms with E-state index in [0.717, 1.165) is 6.07 Å². The van der Waals surface area contributed by atoms with Crippen molar-refractivity contribution in [1.29, 1.82) is 0 Å². The normalized spacial score (nSPS) is 14.7. The Kier molecular flexibility index (Phi) is 1.23. The summed E-state index contributed by atoms with van der Waals surface area (Å²) in [5, 5.41) is 19.4. The molecule has 0 radical (unpaired) electrons. The van der Waals surface area contributed by atoms with Gasteiger partial charge in [0.05, 0.1) is 0 Å². The third-order valence-electron chi connectivity index (χ3n) is 2.66. The molecule has 1 aromatic carbocycles. The van der Waals surface area contributed by atoms with Gasteiger partial charge in [-0.3, -0.25) is 0 Å². The lowest BCUT2D eigenvalue weighted by atomic mass is 10.1. The van der Waals surface area contributed by atoms with Gasteiger partial charge in [0.2, 0.25) is 5.75 Å². The van der Waals surface area contributed by atoms with Crippen LogP contribution in [0.3, 0.4) is 0 Å². The van der Waals surface area contributed by atoms with Crippen molar-refractivity contribution in [3.8, 4) is 28.7 Å². The molecule has 0 saturated heterocycles. The summed E-state index contributed by atoms with van der Waals surface area (Å²) in [4.78, 5) is 11.5. The van der Waals surface area contributed by atoms with Gasteiger partial charge < -0.3 is 28.6 Å². The van der Waals surface area contributed by atoms with E-state index in [1.54, 1.807) is 0 Å². The Morgan fingerprint density at radius 2 is 1.76 bits per heavy atom. The van der Waals surface area contributed by atoms with E-state index in [1.165, 1.54) is 0 Å². The van der Waals surface area contributed by atoms with Crippen LogP contribution in [-0.2, 0) is 0 Å². The van der Waals surface area contributed by atoms with Gasteiger partial charge in [-0.2, -0.15) is 0 Å². The summed E-state index contributed by atoms with van der Waals surface area (Å²) >= 11 is 0. The molecule has 0 aliphatic carbocycles. The van der Waals surface area contributed by atoms with Gasteiger partial charge in [0.1, 0.15) is 11.0 Å². The molecule has 2 N–H and O–H groups in total. The first-order chi connectivity index (χ1) is 8.15. The fourth-order valence-electron chi connectivity index (χ4n) is 1.95. The molecule has 0 saturated carbocycles. The smallest absolute Gasteiger partial charge is 0.504 e. The van der Waals surface area contributed by atoms with Gasteiger partial charge in [-0.05, 0) is 0 Å². The van der Waals surface area contributed by atoms with E-state index in [-0.39, 0.29) is 28.2 Å². The standard InChI is InChI=1S/C9H3BO7/c11-2-1-3-4-6(5(2)12)15-10-16-7(4)8(17-10)9(13)14-3/h1,11-12H. The Morgan fingerprint density at radius 3 is 2.59 bits per heavy atom. The molecule has 0 atom stereocenters. The molecule has 0 fully saturated rings. The van der Waals surface area contributed by atoms with Gasteiger partial charge in [0, 0.05) is 6.07 Å². The van der Waals surface area contributed by atoms with Gasteiger partial charge in [-0.15, -0.1) is 0 Å². The minimum absolute atomic E-state index is 0.0197. The lowest BCUT2D eigenvalue weighted by molar-refractivity contribution is 0.325. The van der Waals surface area contributed by atoms with E-state index >= 15 is 0 Å². The predicted molar refractivity (Wildman–Crippen MR) is 53.5 cm³/mol. The first kappa shape index (κ1) is 8.62. The average Bonchev–Trinajstić information content (AvgIpc) is 2.65. The third-order valence-corrected chi connectivity index (χ3v) is 2.66. The SMILES string of the molecule is O=c1oc2cc(O)c(O)c3c2c2c1OB(O3)O2. The minimum Gasteiger partial charge on any atom is -0.504 e. The second kappa shape index (κ2) is 2.42. The molecular weight excluding hydrogens is 231 g/mol. The van der Waals surface area contributed by atoms with Crippen molar-refractivity contribution >= 4 is 18.3 Å². The van der Waals surface area contributed by atoms with Crippen LogP contribution in [0.2, 0.25) is 0 Å². The molecule has 1 aromatic heterocycles. The van der Waals surface area contributed by atoms with Gasteiger partial charge in [-0.25, -0.2) is 4.79 Å². The van der Waals surface area contributed by atoms with Crippen LogP contribution in [0.4, 0.5) is 0 Å². The Morgan fingerprint density at radius 1 is 1.06 bits per heavy atom. The molecule has 84 valence electrons. The Labute approximate surface area is 92.9 Å². The number of hydrogen-bond acceptors (Lipinski definition) is 7. The highest BCUT2D eigenvalue weighted by Gasteiger charge is 2.47. The first-order valence-corrected chi connectivity index (χ1v) is 4.71. The average molecular weight is 234 g/mol. The second-order valence-electron chi connectivity index (χ2n) is 3.64. The molecule has 7 nitrogen and oxygen atoms in total. The number of aromatic hydroxyl groups is 2. The summed E-state index contributed by atoms with van der Waals surface area (Å²) in [5.74, 6) is -0.841. The first-order valence-electron chi connectivity index (χ1n) is 4.71. The molecular formula is C9H3BO7. The van der Waals surface area contributed by atoms with E-state index in [2.05, 4.69) is 0 Å². The fourth-order valence-corrected chi connectivity index (χ4v) is 1.95. The molecule has 2 bridgehead atoms. The highest BCUT2D eigenvalue weighted by molar-refractivity contribution is 6.43. The van der Waals surface area contributed by atoms with Crippen LogP contribution in [0.5, 0.6) is 28.7 Å². The van der Waals surface area contributed by atoms with Crippen LogP contribution in [0.15, 0.2) is 15.3 Å². The number of phenols is 2. The van der Waals surface area contributed by atoms with Gasteiger partial charge in [0.15, 0.2) is 23.0 Å². The summed E-state index contributed by atoms with van der Waals surface area (Å²) in [6.45, 7) is 0. The molecule has 3 heterocycles. The maximum atomic E-state index is 11.5. The second-order valence-corrected chi connectivity index (χ2v) is 3.64. The molecule has 0 amide bonds. The fraction of sp³-hybridized carbons (Fsp3) is 0. The molecule has 2 aliphatic rings. The van der Waals surface area contributed by atoms with E-state index in [0.29, 0.717) is 0 Å². The topological polar surface area (TPSA) is 98.4 Å². The Bertz CT molecular complexity index is 734.